The van der Waals surface area contributed by atoms with E-state index in [9.17, 15) is 4.79 Å². The van der Waals surface area contributed by atoms with Crippen molar-refractivity contribution >= 4 is 29.5 Å². The topological polar surface area (TPSA) is 52.1 Å². The fourth-order valence-electron chi connectivity index (χ4n) is 2.29. The monoisotopic (exact) mass is 390 g/mol. The fraction of sp³-hybridized carbons (Fsp3) is 0.450. The second kappa shape index (κ2) is 11.2. The van der Waals surface area contributed by atoms with Gasteiger partial charge in [-0.3, -0.25) is 4.79 Å². The summed E-state index contributed by atoms with van der Waals surface area (Å²) < 4.78 is 5.04. The molecule has 0 aliphatic rings. The Bertz CT molecular complexity index is 675. The Hall–Kier alpha value is -1.53. The Balaban J connectivity index is 1.92. The number of rotatable bonds is 10. The first-order valence-electron chi connectivity index (χ1n) is 9.02. The summed E-state index contributed by atoms with van der Waals surface area (Å²) in [5.74, 6) is 0.889. The number of nitrogens with zero attached hydrogens (tertiary/aromatic N) is 2. The molecule has 0 saturated heterocycles. The first kappa shape index (κ1) is 20.8. The van der Waals surface area contributed by atoms with E-state index in [2.05, 4.69) is 16.9 Å². The van der Waals surface area contributed by atoms with Crippen LogP contribution >= 0.6 is 23.5 Å². The van der Waals surface area contributed by atoms with E-state index in [4.69, 9.17) is 4.74 Å². The number of carbonyl (C=O) groups excluding carboxylic acids is 1. The summed E-state index contributed by atoms with van der Waals surface area (Å²) in [6.07, 6.45) is 7.43. The molecule has 1 heterocycles. The number of ether oxygens (including phenoxy) is 1. The molecule has 1 atom stereocenters. The molecule has 6 heteroatoms. The molecule has 0 aliphatic carbocycles. The highest BCUT2D eigenvalue weighted by Crippen LogP contribution is 2.27. The lowest BCUT2D eigenvalue weighted by Crippen LogP contribution is -2.16. The molecule has 140 valence electrons. The maximum Gasteiger partial charge on any atom is 0.319 e. The highest BCUT2D eigenvalue weighted by molar-refractivity contribution is 8.00. The number of thioether (sulfide) groups is 2. The summed E-state index contributed by atoms with van der Waals surface area (Å²) in [6, 6.07) is 8.10. The van der Waals surface area contributed by atoms with Crippen LogP contribution in [0.3, 0.4) is 0 Å². The zero-order valence-corrected chi connectivity index (χ0v) is 17.2. The molecular formula is C20H26N2O2S2. The van der Waals surface area contributed by atoms with Crippen molar-refractivity contribution in [1.29, 1.82) is 0 Å². The van der Waals surface area contributed by atoms with Gasteiger partial charge in [0.1, 0.15) is 5.25 Å². The molecule has 1 aromatic heterocycles. The van der Waals surface area contributed by atoms with Gasteiger partial charge in [-0.15, -0.1) is 11.8 Å². The molecule has 0 fully saturated rings. The molecule has 0 unspecified atom stereocenters. The normalized spacial score (nSPS) is 12.0. The Morgan fingerprint density at radius 3 is 2.38 bits per heavy atom. The van der Waals surface area contributed by atoms with Crippen LogP contribution < -0.4 is 0 Å². The molecule has 0 saturated carbocycles. The van der Waals surface area contributed by atoms with Crippen molar-refractivity contribution in [3.05, 3.63) is 36.7 Å². The summed E-state index contributed by atoms with van der Waals surface area (Å²) in [7, 11) is 0. The van der Waals surface area contributed by atoms with E-state index in [0.717, 1.165) is 26.9 Å². The van der Waals surface area contributed by atoms with Crippen molar-refractivity contribution in [3.63, 3.8) is 0 Å². The summed E-state index contributed by atoms with van der Waals surface area (Å²) in [5, 5.41) is 0.619. The van der Waals surface area contributed by atoms with Gasteiger partial charge in [0, 0.05) is 28.6 Å². The van der Waals surface area contributed by atoms with Crippen LogP contribution in [0.25, 0.3) is 11.1 Å². The van der Waals surface area contributed by atoms with Crippen LogP contribution in [0.4, 0.5) is 0 Å². The van der Waals surface area contributed by atoms with E-state index in [1.165, 1.54) is 31.0 Å². The standard InChI is InChI=1S/C20H26N2O2S2/c1-4-6-7-12-25-20-21-13-17(14-22-20)16-8-10-18(11-9-16)26-15(3)19(23)24-5-2/h8-11,13-15H,4-7,12H2,1-3H3/t15-/m1/s1. The molecule has 0 bridgehead atoms. The molecule has 4 nitrogen and oxygen atoms in total. The van der Waals surface area contributed by atoms with E-state index in [1.54, 1.807) is 11.8 Å². The van der Waals surface area contributed by atoms with Gasteiger partial charge in [-0.2, -0.15) is 0 Å². The average Bonchev–Trinajstić information content (AvgIpc) is 2.66. The average molecular weight is 391 g/mol. The number of carbonyl (C=O) groups is 1. The maximum atomic E-state index is 11.7. The van der Waals surface area contributed by atoms with Crippen LogP contribution in [-0.4, -0.2) is 33.5 Å². The molecule has 26 heavy (non-hydrogen) atoms. The quantitative estimate of drug-likeness (QED) is 0.232. The van der Waals surface area contributed by atoms with Gasteiger partial charge < -0.3 is 4.74 Å². The Labute approximate surface area is 164 Å². The SMILES string of the molecule is CCCCCSc1ncc(-c2ccc(S[C@H](C)C(=O)OCC)cc2)cn1. The minimum absolute atomic E-state index is 0.179. The van der Waals surface area contributed by atoms with Gasteiger partial charge in [-0.1, -0.05) is 43.7 Å². The Kier molecular flexibility index (Phi) is 8.98. The summed E-state index contributed by atoms with van der Waals surface area (Å²) >= 11 is 3.21. The molecular weight excluding hydrogens is 364 g/mol. The van der Waals surface area contributed by atoms with E-state index in [-0.39, 0.29) is 11.2 Å². The molecule has 2 aromatic rings. The summed E-state index contributed by atoms with van der Waals surface area (Å²) in [5.41, 5.74) is 2.07. The van der Waals surface area contributed by atoms with Crippen molar-refractivity contribution < 1.29 is 9.53 Å². The van der Waals surface area contributed by atoms with Gasteiger partial charge in [-0.05, 0) is 38.0 Å². The molecule has 0 N–H and O–H groups in total. The molecule has 0 radical (unpaired) electrons. The second-order valence-electron chi connectivity index (χ2n) is 5.85. The lowest BCUT2D eigenvalue weighted by molar-refractivity contribution is -0.142. The maximum absolute atomic E-state index is 11.7. The minimum atomic E-state index is -0.215. The third-order valence-corrected chi connectivity index (χ3v) is 5.78. The molecule has 0 aliphatic heterocycles. The van der Waals surface area contributed by atoms with Gasteiger partial charge >= 0.3 is 5.97 Å². The predicted molar refractivity (Wildman–Crippen MR) is 110 cm³/mol. The van der Waals surface area contributed by atoms with Gasteiger partial charge in [0.2, 0.25) is 0 Å². The van der Waals surface area contributed by atoms with Crippen LogP contribution in [-0.2, 0) is 9.53 Å². The van der Waals surface area contributed by atoms with Crippen LogP contribution in [0.5, 0.6) is 0 Å². The third kappa shape index (κ3) is 6.65. The second-order valence-corrected chi connectivity index (χ2v) is 8.32. The van der Waals surface area contributed by atoms with Crippen molar-refractivity contribution in [1.82, 2.24) is 9.97 Å². The summed E-state index contributed by atoms with van der Waals surface area (Å²) in [6.45, 7) is 6.30. The fourth-order valence-corrected chi connectivity index (χ4v) is 3.94. The van der Waals surface area contributed by atoms with Crippen LogP contribution in [0, 0.1) is 0 Å². The lowest BCUT2D eigenvalue weighted by atomic mass is 10.1. The van der Waals surface area contributed by atoms with Gasteiger partial charge in [0.05, 0.1) is 6.61 Å². The van der Waals surface area contributed by atoms with Crippen molar-refractivity contribution in [2.45, 2.75) is 55.3 Å². The van der Waals surface area contributed by atoms with E-state index in [1.807, 2.05) is 50.5 Å². The van der Waals surface area contributed by atoms with E-state index >= 15 is 0 Å². The molecule has 0 spiro atoms. The first-order valence-corrected chi connectivity index (χ1v) is 10.9. The van der Waals surface area contributed by atoms with Crippen LogP contribution in [0.1, 0.15) is 40.0 Å². The van der Waals surface area contributed by atoms with Crippen molar-refractivity contribution in [2.24, 2.45) is 0 Å². The highest BCUT2D eigenvalue weighted by Gasteiger charge is 2.15. The van der Waals surface area contributed by atoms with Crippen molar-refractivity contribution in [2.75, 3.05) is 12.4 Å². The first-order chi connectivity index (χ1) is 12.6. The zero-order valence-electron chi connectivity index (χ0n) is 15.6. The summed E-state index contributed by atoms with van der Waals surface area (Å²) in [4.78, 5) is 21.7. The van der Waals surface area contributed by atoms with E-state index < -0.39 is 0 Å². The number of benzene rings is 1. The van der Waals surface area contributed by atoms with Crippen LogP contribution in [0.2, 0.25) is 0 Å². The Morgan fingerprint density at radius 2 is 1.77 bits per heavy atom. The molecule has 0 amide bonds. The predicted octanol–water partition coefficient (Wildman–Crippen LogP) is 5.47. The number of unbranched alkanes of at least 4 members (excludes halogenated alkanes) is 2. The van der Waals surface area contributed by atoms with E-state index in [0.29, 0.717) is 6.61 Å². The zero-order chi connectivity index (χ0) is 18.8. The molecule has 1 aromatic carbocycles. The number of esters is 1. The largest absolute Gasteiger partial charge is 0.465 e. The highest BCUT2D eigenvalue weighted by atomic mass is 32.2. The lowest BCUT2D eigenvalue weighted by Gasteiger charge is -2.10. The number of hydrogen-bond donors (Lipinski definition) is 0. The van der Waals surface area contributed by atoms with Crippen LogP contribution in [0.15, 0.2) is 46.7 Å². The minimum Gasteiger partial charge on any atom is -0.465 e. The Morgan fingerprint density at radius 1 is 1.08 bits per heavy atom. The number of hydrogen-bond acceptors (Lipinski definition) is 6. The van der Waals surface area contributed by atoms with Gasteiger partial charge in [0.25, 0.3) is 0 Å². The van der Waals surface area contributed by atoms with Gasteiger partial charge in [-0.25, -0.2) is 9.97 Å². The molecule has 2 rings (SSSR count). The van der Waals surface area contributed by atoms with Crippen molar-refractivity contribution in [3.8, 4) is 11.1 Å². The smallest absolute Gasteiger partial charge is 0.319 e. The number of aromatic nitrogens is 2. The van der Waals surface area contributed by atoms with Gasteiger partial charge in [0.15, 0.2) is 5.16 Å². The third-order valence-electron chi connectivity index (χ3n) is 3.73.